The maximum Gasteiger partial charge on any atom is 0.224 e. The maximum atomic E-state index is 11.8. The highest BCUT2D eigenvalue weighted by Crippen LogP contribution is 2.12. The van der Waals surface area contributed by atoms with E-state index in [0.29, 0.717) is 6.42 Å². The average Bonchev–Trinajstić information content (AvgIpc) is 2.53. The van der Waals surface area contributed by atoms with Crippen LogP contribution in [0.25, 0.3) is 0 Å². The van der Waals surface area contributed by atoms with Crippen LogP contribution in [0.5, 0.6) is 0 Å². The molecule has 0 aliphatic carbocycles. The molecule has 123 valence electrons. The van der Waals surface area contributed by atoms with Gasteiger partial charge in [0.25, 0.3) is 0 Å². The van der Waals surface area contributed by atoms with Gasteiger partial charge in [0.1, 0.15) is 0 Å². The van der Waals surface area contributed by atoms with E-state index < -0.39 is 0 Å². The molecule has 0 atom stereocenters. The van der Waals surface area contributed by atoms with E-state index in [0.717, 1.165) is 12.1 Å². The van der Waals surface area contributed by atoms with Crippen LogP contribution in [-0.4, -0.2) is 5.91 Å². The fourth-order valence-electron chi connectivity index (χ4n) is 2.64. The highest BCUT2D eigenvalue weighted by Gasteiger charge is 2.01. The Balaban J connectivity index is 1.86. The Morgan fingerprint density at radius 1 is 0.864 bits per heavy atom. The molecule has 0 aliphatic heterocycles. The molecule has 0 saturated carbocycles. The lowest BCUT2D eigenvalue weighted by Gasteiger charge is -2.05. The first-order valence-corrected chi connectivity index (χ1v) is 9.09. The van der Waals surface area contributed by atoms with E-state index in [1.165, 1.54) is 64.2 Å². The Morgan fingerprint density at radius 3 is 1.91 bits per heavy atom. The molecular formula is C20H32NO. The van der Waals surface area contributed by atoms with Crippen molar-refractivity contribution in [2.24, 2.45) is 0 Å². The second-order valence-electron chi connectivity index (χ2n) is 6.12. The number of anilines is 1. The highest BCUT2D eigenvalue weighted by atomic mass is 16.1. The molecule has 1 radical (unpaired) electrons. The van der Waals surface area contributed by atoms with Crippen molar-refractivity contribution in [2.45, 2.75) is 84.0 Å². The maximum absolute atomic E-state index is 11.8. The van der Waals surface area contributed by atoms with Gasteiger partial charge in [0, 0.05) is 12.1 Å². The van der Waals surface area contributed by atoms with E-state index in [9.17, 15) is 4.79 Å². The van der Waals surface area contributed by atoms with Crippen LogP contribution in [0, 0.1) is 6.07 Å². The van der Waals surface area contributed by atoms with Crippen molar-refractivity contribution in [3.8, 4) is 0 Å². The summed E-state index contributed by atoms with van der Waals surface area (Å²) in [5, 5.41) is 2.92. The number of carbonyl (C=O) groups excluding carboxylic acids is 1. The van der Waals surface area contributed by atoms with Gasteiger partial charge >= 0.3 is 0 Å². The summed E-state index contributed by atoms with van der Waals surface area (Å²) in [5.41, 5.74) is 0.867. The summed E-state index contributed by atoms with van der Waals surface area (Å²) in [6, 6.07) is 10.3. The Hall–Kier alpha value is -1.31. The van der Waals surface area contributed by atoms with Crippen LogP contribution in [0.2, 0.25) is 0 Å². The van der Waals surface area contributed by atoms with Crippen LogP contribution in [0.3, 0.4) is 0 Å². The highest BCUT2D eigenvalue weighted by molar-refractivity contribution is 5.90. The fourth-order valence-corrected chi connectivity index (χ4v) is 2.64. The first-order chi connectivity index (χ1) is 10.8. The normalized spacial score (nSPS) is 10.6. The third-order valence-corrected chi connectivity index (χ3v) is 4.01. The van der Waals surface area contributed by atoms with E-state index in [2.05, 4.69) is 18.3 Å². The summed E-state index contributed by atoms with van der Waals surface area (Å²) in [7, 11) is 0. The van der Waals surface area contributed by atoms with Gasteiger partial charge < -0.3 is 5.32 Å². The molecule has 1 N–H and O–H groups in total. The van der Waals surface area contributed by atoms with Gasteiger partial charge in [-0.15, -0.1) is 0 Å². The summed E-state index contributed by atoms with van der Waals surface area (Å²) >= 11 is 0. The molecule has 0 aromatic heterocycles. The molecule has 0 heterocycles. The van der Waals surface area contributed by atoms with Crippen molar-refractivity contribution in [2.75, 3.05) is 5.32 Å². The lowest BCUT2D eigenvalue weighted by Crippen LogP contribution is -2.10. The van der Waals surface area contributed by atoms with Crippen LogP contribution in [0.1, 0.15) is 84.0 Å². The first kappa shape index (κ1) is 18.7. The Labute approximate surface area is 136 Å². The van der Waals surface area contributed by atoms with E-state index >= 15 is 0 Å². The Morgan fingerprint density at radius 2 is 1.36 bits per heavy atom. The minimum absolute atomic E-state index is 0.127. The van der Waals surface area contributed by atoms with Crippen molar-refractivity contribution in [3.63, 3.8) is 0 Å². The number of amides is 1. The molecule has 22 heavy (non-hydrogen) atoms. The molecule has 0 aliphatic rings. The van der Waals surface area contributed by atoms with E-state index in [-0.39, 0.29) is 5.91 Å². The van der Waals surface area contributed by atoms with Crippen LogP contribution >= 0.6 is 0 Å². The van der Waals surface area contributed by atoms with Gasteiger partial charge in [-0.25, -0.2) is 0 Å². The number of rotatable bonds is 13. The molecular weight excluding hydrogens is 270 g/mol. The summed E-state index contributed by atoms with van der Waals surface area (Å²) in [6.07, 6.45) is 15.1. The Kier molecular flexibility index (Phi) is 11.4. The van der Waals surface area contributed by atoms with Crippen LogP contribution in [0.4, 0.5) is 5.69 Å². The SMILES string of the molecule is CCCCCCCCCCCCCC(=O)Nc1cc[c]cc1. The Bertz CT molecular complexity index is 375. The summed E-state index contributed by atoms with van der Waals surface area (Å²) in [6.45, 7) is 2.26. The van der Waals surface area contributed by atoms with Crippen molar-refractivity contribution >= 4 is 11.6 Å². The third kappa shape index (κ3) is 10.4. The number of benzene rings is 1. The standard InChI is InChI=1S/C20H32NO/c1-2-3-4-5-6-7-8-9-10-11-15-18-20(22)21-19-16-13-12-14-17-19/h13-14,16-17H,2-11,15,18H2,1H3,(H,21,22). The van der Waals surface area contributed by atoms with Gasteiger partial charge in [-0.3, -0.25) is 4.79 Å². The molecule has 1 rings (SSSR count). The van der Waals surface area contributed by atoms with Crippen molar-refractivity contribution in [1.29, 1.82) is 0 Å². The monoisotopic (exact) mass is 302 g/mol. The molecule has 0 saturated heterocycles. The molecule has 0 bridgehead atoms. The molecule has 0 spiro atoms. The van der Waals surface area contributed by atoms with Crippen LogP contribution in [-0.2, 0) is 4.79 Å². The van der Waals surface area contributed by atoms with Gasteiger partial charge in [-0.05, 0) is 24.6 Å². The van der Waals surface area contributed by atoms with Gasteiger partial charge in [0.05, 0.1) is 0 Å². The zero-order valence-electron chi connectivity index (χ0n) is 14.2. The lowest BCUT2D eigenvalue weighted by atomic mass is 10.1. The van der Waals surface area contributed by atoms with Crippen molar-refractivity contribution < 1.29 is 4.79 Å². The summed E-state index contributed by atoms with van der Waals surface area (Å²) < 4.78 is 0. The number of unbranched alkanes of at least 4 members (excludes halogenated alkanes) is 10. The molecule has 1 aromatic carbocycles. The number of nitrogens with one attached hydrogen (secondary N) is 1. The van der Waals surface area contributed by atoms with Gasteiger partial charge in [0.2, 0.25) is 5.91 Å². The van der Waals surface area contributed by atoms with Gasteiger partial charge in [0.15, 0.2) is 0 Å². The third-order valence-electron chi connectivity index (χ3n) is 4.01. The smallest absolute Gasteiger partial charge is 0.224 e. The quantitative estimate of drug-likeness (QED) is 0.436. The van der Waals surface area contributed by atoms with Gasteiger partial charge in [-0.2, -0.15) is 0 Å². The predicted octanol–water partition coefficient (Wildman–Crippen LogP) is 6.13. The van der Waals surface area contributed by atoms with E-state index in [1.807, 2.05) is 24.3 Å². The number of hydrogen-bond acceptors (Lipinski definition) is 1. The lowest BCUT2D eigenvalue weighted by molar-refractivity contribution is -0.116. The number of carbonyl (C=O) groups is 1. The minimum atomic E-state index is 0.127. The zero-order chi connectivity index (χ0) is 15.9. The topological polar surface area (TPSA) is 29.1 Å². The summed E-state index contributed by atoms with van der Waals surface area (Å²) in [4.78, 5) is 11.8. The van der Waals surface area contributed by atoms with Crippen molar-refractivity contribution in [1.82, 2.24) is 0 Å². The second-order valence-corrected chi connectivity index (χ2v) is 6.12. The van der Waals surface area contributed by atoms with E-state index in [1.54, 1.807) is 0 Å². The average molecular weight is 302 g/mol. The zero-order valence-corrected chi connectivity index (χ0v) is 14.2. The van der Waals surface area contributed by atoms with Gasteiger partial charge in [-0.1, -0.05) is 83.3 Å². The predicted molar refractivity (Wildman–Crippen MR) is 95.0 cm³/mol. The molecule has 1 aromatic rings. The molecule has 2 nitrogen and oxygen atoms in total. The largest absolute Gasteiger partial charge is 0.326 e. The van der Waals surface area contributed by atoms with Crippen LogP contribution < -0.4 is 5.32 Å². The number of hydrogen-bond donors (Lipinski definition) is 1. The van der Waals surface area contributed by atoms with Crippen LogP contribution in [0.15, 0.2) is 24.3 Å². The fraction of sp³-hybridized carbons (Fsp3) is 0.650. The van der Waals surface area contributed by atoms with E-state index in [4.69, 9.17) is 0 Å². The molecule has 1 amide bonds. The second kappa shape index (κ2) is 13.4. The molecule has 2 heteroatoms. The first-order valence-electron chi connectivity index (χ1n) is 9.09. The summed E-state index contributed by atoms with van der Waals surface area (Å²) in [5.74, 6) is 0.127. The van der Waals surface area contributed by atoms with Crippen molar-refractivity contribution in [3.05, 3.63) is 30.3 Å². The molecule has 0 fully saturated rings. The minimum Gasteiger partial charge on any atom is -0.326 e. The molecule has 0 unspecified atom stereocenters.